The fourth-order valence-corrected chi connectivity index (χ4v) is 6.75. The van der Waals surface area contributed by atoms with E-state index < -0.39 is 10.0 Å². The Morgan fingerprint density at radius 2 is 1.71 bits per heavy atom. The molecule has 1 aliphatic carbocycles. The molecule has 2 aromatic rings. The maximum Gasteiger partial charge on any atom is 0.248 e. The van der Waals surface area contributed by atoms with Crippen LogP contribution in [0.2, 0.25) is 10.0 Å². The Labute approximate surface area is 177 Å². The number of nitrogens with zero attached hydrogens (tertiary/aromatic N) is 2. The monoisotopic (exact) mass is 438 g/mol. The molecule has 7 heteroatoms. The Hall–Kier alpha value is -1.27. The summed E-state index contributed by atoms with van der Waals surface area (Å²) in [6, 6.07) is 13.3. The molecule has 0 amide bonds. The lowest BCUT2D eigenvalue weighted by Gasteiger charge is -2.40. The number of hydrogen-bond donors (Lipinski definition) is 0. The predicted molar refractivity (Wildman–Crippen MR) is 114 cm³/mol. The molecule has 0 spiro atoms. The van der Waals surface area contributed by atoms with E-state index in [4.69, 9.17) is 23.2 Å². The maximum absolute atomic E-state index is 13.4. The quantitative estimate of drug-likeness (QED) is 0.628. The molecule has 1 saturated carbocycles. The van der Waals surface area contributed by atoms with E-state index in [2.05, 4.69) is 4.90 Å². The Morgan fingerprint density at radius 3 is 2.43 bits per heavy atom. The summed E-state index contributed by atoms with van der Waals surface area (Å²) in [5.74, 6) is 0.412. The van der Waals surface area contributed by atoms with Gasteiger partial charge in [0, 0.05) is 18.1 Å². The van der Waals surface area contributed by atoms with E-state index in [0.717, 1.165) is 18.4 Å². The molecule has 1 aliphatic heterocycles. The molecule has 0 aromatic heterocycles. The Bertz CT molecular complexity index is 944. The van der Waals surface area contributed by atoms with Crippen LogP contribution in [0, 0.1) is 5.92 Å². The van der Waals surface area contributed by atoms with E-state index in [1.54, 1.807) is 10.4 Å². The van der Waals surface area contributed by atoms with Gasteiger partial charge in [0.15, 0.2) is 0 Å². The number of anilines is 1. The molecule has 0 radical (unpaired) electrons. The molecule has 0 N–H and O–H groups in total. The van der Waals surface area contributed by atoms with Gasteiger partial charge in [-0.2, -0.15) is 4.31 Å². The second kappa shape index (κ2) is 8.23. The highest BCUT2D eigenvalue weighted by Crippen LogP contribution is 2.41. The van der Waals surface area contributed by atoms with Crippen LogP contribution in [-0.4, -0.2) is 25.9 Å². The second-order valence-electron chi connectivity index (χ2n) is 7.70. The van der Waals surface area contributed by atoms with E-state index in [1.807, 2.05) is 30.3 Å². The van der Waals surface area contributed by atoms with Crippen molar-refractivity contribution in [2.75, 3.05) is 18.1 Å². The summed E-state index contributed by atoms with van der Waals surface area (Å²) in [5, 5.41) is 0.631. The number of halogens is 2. The van der Waals surface area contributed by atoms with E-state index in [0.29, 0.717) is 36.4 Å². The van der Waals surface area contributed by atoms with E-state index in [-0.39, 0.29) is 9.92 Å². The molecular weight excluding hydrogens is 415 g/mol. The minimum atomic E-state index is -3.65. The van der Waals surface area contributed by atoms with Crippen molar-refractivity contribution in [3.63, 3.8) is 0 Å². The third-order valence-electron chi connectivity index (χ3n) is 5.66. The van der Waals surface area contributed by atoms with E-state index in [1.165, 1.54) is 25.3 Å². The number of rotatable bonds is 4. The highest BCUT2D eigenvalue weighted by Gasteiger charge is 2.38. The van der Waals surface area contributed by atoms with Gasteiger partial charge in [-0.1, -0.05) is 72.8 Å². The van der Waals surface area contributed by atoms with Crippen LogP contribution in [0.15, 0.2) is 47.4 Å². The van der Waals surface area contributed by atoms with Gasteiger partial charge in [-0.15, -0.1) is 0 Å². The zero-order valence-electron chi connectivity index (χ0n) is 15.7. The van der Waals surface area contributed by atoms with Gasteiger partial charge in [-0.05, 0) is 36.5 Å². The van der Waals surface area contributed by atoms with Crippen molar-refractivity contribution >= 4 is 38.9 Å². The van der Waals surface area contributed by atoms with Crippen LogP contribution in [0.4, 0.5) is 5.69 Å². The van der Waals surface area contributed by atoms with Crippen LogP contribution in [0.3, 0.4) is 0 Å². The fourth-order valence-electron chi connectivity index (χ4n) is 4.26. The van der Waals surface area contributed by atoms with Crippen LogP contribution in [0.5, 0.6) is 0 Å². The molecule has 0 bridgehead atoms. The number of sulfonamides is 1. The molecule has 150 valence electrons. The summed E-state index contributed by atoms with van der Waals surface area (Å²) >= 11 is 12.6. The van der Waals surface area contributed by atoms with Gasteiger partial charge in [0.25, 0.3) is 0 Å². The Balaban J connectivity index is 1.72. The summed E-state index contributed by atoms with van der Waals surface area (Å²) in [6.07, 6.45) is 5.78. The normalized spacial score (nSPS) is 20.1. The van der Waals surface area contributed by atoms with Crippen LogP contribution in [-0.2, 0) is 16.6 Å². The minimum Gasteiger partial charge on any atom is -0.352 e. The summed E-state index contributed by atoms with van der Waals surface area (Å²) in [4.78, 5) is 2.24. The first-order valence-electron chi connectivity index (χ1n) is 9.73. The highest BCUT2D eigenvalue weighted by molar-refractivity contribution is 7.89. The van der Waals surface area contributed by atoms with Crippen molar-refractivity contribution in [3.05, 3.63) is 58.1 Å². The first-order valence-corrected chi connectivity index (χ1v) is 11.9. The minimum absolute atomic E-state index is 0.177. The molecule has 28 heavy (non-hydrogen) atoms. The Morgan fingerprint density at radius 1 is 1.00 bits per heavy atom. The molecule has 2 aliphatic rings. The smallest absolute Gasteiger partial charge is 0.248 e. The predicted octanol–water partition coefficient (Wildman–Crippen LogP) is 5.54. The summed E-state index contributed by atoms with van der Waals surface area (Å²) in [6.45, 7) is 1.46. The summed E-state index contributed by atoms with van der Waals surface area (Å²) in [5.41, 5.74) is 1.70. The van der Waals surface area contributed by atoms with Crippen molar-refractivity contribution in [3.8, 4) is 0 Å². The SMILES string of the molecule is O=S1(=O)c2c(Cl)cc(Cl)cc2N(Cc2ccccc2)CN1CC1CCCCC1. The standard InChI is InChI=1S/C21H24Cl2N2O2S/c22-18-11-19(23)21-20(12-18)24(13-16-7-3-1-4-8-16)15-25(28(21,26)27)14-17-9-5-2-6-10-17/h1,3-4,7-8,11-12,17H,2,5-6,9-10,13-15H2. The van der Waals surface area contributed by atoms with E-state index >= 15 is 0 Å². The molecule has 0 saturated heterocycles. The van der Waals surface area contributed by atoms with Gasteiger partial charge in [-0.25, -0.2) is 8.42 Å². The van der Waals surface area contributed by atoms with Crippen molar-refractivity contribution in [1.29, 1.82) is 0 Å². The average Bonchev–Trinajstić information content (AvgIpc) is 2.66. The molecule has 4 rings (SSSR count). The van der Waals surface area contributed by atoms with Crippen molar-refractivity contribution < 1.29 is 8.42 Å². The molecule has 0 unspecified atom stereocenters. The van der Waals surface area contributed by atoms with Crippen LogP contribution >= 0.6 is 23.2 Å². The molecule has 0 atom stereocenters. The van der Waals surface area contributed by atoms with Crippen LogP contribution < -0.4 is 4.90 Å². The third kappa shape index (κ3) is 4.04. The molecular formula is C21H24Cl2N2O2S. The van der Waals surface area contributed by atoms with Gasteiger partial charge < -0.3 is 4.90 Å². The van der Waals surface area contributed by atoms with Gasteiger partial charge >= 0.3 is 0 Å². The van der Waals surface area contributed by atoms with E-state index in [9.17, 15) is 8.42 Å². The molecule has 1 heterocycles. The van der Waals surface area contributed by atoms with Gasteiger partial charge in [0.1, 0.15) is 4.90 Å². The second-order valence-corrected chi connectivity index (χ2v) is 10.4. The van der Waals surface area contributed by atoms with Crippen molar-refractivity contribution in [2.45, 2.75) is 43.5 Å². The van der Waals surface area contributed by atoms with Gasteiger partial charge in [0.2, 0.25) is 10.0 Å². The first-order chi connectivity index (χ1) is 13.4. The largest absolute Gasteiger partial charge is 0.352 e. The van der Waals surface area contributed by atoms with Gasteiger partial charge in [0.05, 0.1) is 17.4 Å². The van der Waals surface area contributed by atoms with Crippen molar-refractivity contribution in [1.82, 2.24) is 4.31 Å². The lowest BCUT2D eigenvalue weighted by Crippen LogP contribution is -2.48. The number of fused-ring (bicyclic) bond motifs is 1. The Kier molecular flexibility index (Phi) is 5.88. The summed E-state index contributed by atoms with van der Waals surface area (Å²) < 4.78 is 28.4. The van der Waals surface area contributed by atoms with Crippen LogP contribution in [0.1, 0.15) is 37.7 Å². The lowest BCUT2D eigenvalue weighted by molar-refractivity contribution is 0.274. The third-order valence-corrected chi connectivity index (χ3v) is 8.18. The van der Waals surface area contributed by atoms with Gasteiger partial charge in [-0.3, -0.25) is 0 Å². The average molecular weight is 439 g/mol. The first kappa shape index (κ1) is 20.0. The molecule has 1 fully saturated rings. The molecule has 4 nitrogen and oxygen atoms in total. The number of hydrogen-bond acceptors (Lipinski definition) is 3. The molecule has 2 aromatic carbocycles. The lowest BCUT2D eigenvalue weighted by atomic mass is 9.89. The van der Waals surface area contributed by atoms with Crippen LogP contribution in [0.25, 0.3) is 0 Å². The number of benzene rings is 2. The van der Waals surface area contributed by atoms with Crippen molar-refractivity contribution in [2.24, 2.45) is 5.92 Å². The topological polar surface area (TPSA) is 40.6 Å². The zero-order valence-corrected chi connectivity index (χ0v) is 18.0. The zero-order chi connectivity index (χ0) is 19.7. The highest BCUT2D eigenvalue weighted by atomic mass is 35.5. The maximum atomic E-state index is 13.4. The fraction of sp³-hybridized carbons (Fsp3) is 0.429. The summed E-state index contributed by atoms with van der Waals surface area (Å²) in [7, 11) is -3.65.